The van der Waals surface area contributed by atoms with Gasteiger partial charge in [-0.05, 0) is 12.1 Å². The third kappa shape index (κ3) is 1.10. The summed E-state index contributed by atoms with van der Waals surface area (Å²) in [6.07, 6.45) is 0. The molecule has 0 spiro atoms. The van der Waals surface area contributed by atoms with Gasteiger partial charge in [0.2, 0.25) is 0 Å². The van der Waals surface area contributed by atoms with Crippen molar-refractivity contribution in [1.29, 1.82) is 0 Å². The van der Waals surface area contributed by atoms with Crippen molar-refractivity contribution in [3.63, 3.8) is 0 Å². The Balaban J connectivity index is 3.03. The quantitative estimate of drug-likeness (QED) is 0.415. The lowest BCUT2D eigenvalue weighted by molar-refractivity contribution is 1.48. The van der Waals surface area contributed by atoms with Gasteiger partial charge in [0.15, 0.2) is 0 Å². The number of rotatable bonds is 0. The molecular formula is C6H6NS-. The number of anilines is 1. The molecule has 0 bridgehead atoms. The Bertz CT molecular complexity index is 147. The second kappa shape index (κ2) is 2.01. The minimum atomic E-state index is 0.763. The molecular weight excluding hydrogens is 118 g/mol. The van der Waals surface area contributed by atoms with Crippen LogP contribution in [0.2, 0.25) is 0 Å². The van der Waals surface area contributed by atoms with E-state index >= 15 is 0 Å². The first-order chi connectivity index (χ1) is 3.79. The molecule has 42 valence electrons. The zero-order chi connectivity index (χ0) is 5.98. The highest BCUT2D eigenvalue weighted by Crippen LogP contribution is 2.02. The molecule has 0 fully saturated rings. The van der Waals surface area contributed by atoms with Crippen molar-refractivity contribution < 1.29 is 0 Å². The van der Waals surface area contributed by atoms with Crippen LogP contribution in [0.1, 0.15) is 0 Å². The maximum Gasteiger partial charge on any atom is 0.0312 e. The molecule has 8 heavy (non-hydrogen) atoms. The predicted molar refractivity (Wildman–Crippen MR) is 36.5 cm³/mol. The zero-order valence-corrected chi connectivity index (χ0v) is 5.11. The second-order valence-corrected chi connectivity index (χ2v) is 2.04. The molecule has 1 rings (SSSR count). The van der Waals surface area contributed by atoms with Crippen LogP contribution in [0.5, 0.6) is 0 Å². The molecule has 0 radical (unpaired) electrons. The Morgan fingerprint density at radius 2 is 1.62 bits per heavy atom. The third-order valence-corrected chi connectivity index (χ3v) is 1.15. The minimum Gasteiger partial charge on any atom is -0.780 e. The van der Waals surface area contributed by atoms with Gasteiger partial charge in [-0.1, -0.05) is 12.1 Å². The van der Waals surface area contributed by atoms with Crippen molar-refractivity contribution >= 4 is 18.3 Å². The lowest BCUT2D eigenvalue weighted by atomic mass is 10.3. The Hall–Kier alpha value is -0.760. The summed E-state index contributed by atoms with van der Waals surface area (Å²) in [7, 11) is 0. The molecule has 0 aliphatic heterocycles. The maximum absolute atomic E-state index is 5.38. The van der Waals surface area contributed by atoms with E-state index in [1.54, 1.807) is 12.1 Å². The van der Waals surface area contributed by atoms with Crippen LogP contribution in [0, 0.1) is 0 Å². The SMILES string of the molecule is Nc1ccc([S-])cc1. The number of hydrogen-bond acceptors (Lipinski definition) is 2. The van der Waals surface area contributed by atoms with Crippen molar-refractivity contribution in [1.82, 2.24) is 0 Å². The largest absolute Gasteiger partial charge is 0.780 e. The summed E-state index contributed by atoms with van der Waals surface area (Å²) in [5, 5.41) is 0. The van der Waals surface area contributed by atoms with E-state index in [4.69, 9.17) is 18.4 Å². The Labute approximate surface area is 53.9 Å². The van der Waals surface area contributed by atoms with Crippen molar-refractivity contribution in [2.45, 2.75) is 4.90 Å². The molecule has 0 aromatic heterocycles. The summed E-state index contributed by atoms with van der Waals surface area (Å²) >= 11 is 4.82. The van der Waals surface area contributed by atoms with E-state index in [-0.39, 0.29) is 0 Å². The topological polar surface area (TPSA) is 26.0 Å². The van der Waals surface area contributed by atoms with E-state index < -0.39 is 0 Å². The van der Waals surface area contributed by atoms with E-state index in [1.165, 1.54) is 0 Å². The third-order valence-electron chi connectivity index (χ3n) is 0.880. The first-order valence-corrected chi connectivity index (χ1v) is 2.72. The second-order valence-electron chi connectivity index (χ2n) is 1.57. The summed E-state index contributed by atoms with van der Waals surface area (Å²) in [5.41, 5.74) is 6.14. The van der Waals surface area contributed by atoms with Crippen LogP contribution in [-0.4, -0.2) is 0 Å². The fourth-order valence-electron chi connectivity index (χ4n) is 0.468. The van der Waals surface area contributed by atoms with Crippen LogP contribution in [0.3, 0.4) is 0 Å². The van der Waals surface area contributed by atoms with Crippen LogP contribution in [0.15, 0.2) is 29.2 Å². The molecule has 0 saturated carbocycles. The molecule has 0 saturated heterocycles. The van der Waals surface area contributed by atoms with Crippen molar-refractivity contribution in [2.24, 2.45) is 0 Å². The first kappa shape index (κ1) is 5.38. The van der Waals surface area contributed by atoms with Crippen molar-refractivity contribution in [3.05, 3.63) is 24.3 Å². The highest BCUT2D eigenvalue weighted by molar-refractivity contribution is 7.58. The molecule has 2 N–H and O–H groups in total. The van der Waals surface area contributed by atoms with Gasteiger partial charge in [0, 0.05) is 5.69 Å². The summed E-state index contributed by atoms with van der Waals surface area (Å²) in [6, 6.07) is 7.21. The molecule has 0 amide bonds. The zero-order valence-electron chi connectivity index (χ0n) is 4.29. The van der Waals surface area contributed by atoms with Gasteiger partial charge in [-0.25, -0.2) is 0 Å². The maximum atomic E-state index is 5.38. The number of hydrogen-bond donors (Lipinski definition) is 1. The average Bonchev–Trinajstić information content (AvgIpc) is 1.77. The highest BCUT2D eigenvalue weighted by Gasteiger charge is 1.74. The molecule has 0 heterocycles. The standard InChI is InChI=1S/C6H7NS/c7-5-1-3-6(8)4-2-5/h1-4,8H,7H2/p-1. The van der Waals surface area contributed by atoms with Gasteiger partial charge in [-0.15, -0.1) is 0 Å². The molecule has 0 unspecified atom stereocenters. The van der Waals surface area contributed by atoms with Crippen LogP contribution in [-0.2, 0) is 12.6 Å². The van der Waals surface area contributed by atoms with E-state index in [0.29, 0.717) is 0 Å². The summed E-state index contributed by atoms with van der Waals surface area (Å²) < 4.78 is 0. The summed E-state index contributed by atoms with van der Waals surface area (Å²) in [4.78, 5) is 0.833. The molecule has 0 aliphatic rings. The number of benzene rings is 1. The van der Waals surface area contributed by atoms with Gasteiger partial charge in [-0.2, -0.15) is 4.90 Å². The molecule has 0 aliphatic carbocycles. The van der Waals surface area contributed by atoms with Crippen LogP contribution >= 0.6 is 0 Å². The Morgan fingerprint density at radius 1 is 1.12 bits per heavy atom. The Kier molecular flexibility index (Phi) is 1.35. The molecule has 1 nitrogen and oxygen atoms in total. The molecule has 1 aromatic carbocycles. The minimum absolute atomic E-state index is 0.763. The van der Waals surface area contributed by atoms with Crippen molar-refractivity contribution in [3.8, 4) is 0 Å². The van der Waals surface area contributed by atoms with E-state index in [9.17, 15) is 0 Å². The lowest BCUT2D eigenvalue weighted by Crippen LogP contribution is -1.81. The van der Waals surface area contributed by atoms with Gasteiger partial charge >= 0.3 is 0 Å². The van der Waals surface area contributed by atoms with Crippen LogP contribution in [0.25, 0.3) is 0 Å². The lowest BCUT2D eigenvalue weighted by Gasteiger charge is -2.01. The van der Waals surface area contributed by atoms with E-state index in [1.807, 2.05) is 12.1 Å². The van der Waals surface area contributed by atoms with Crippen molar-refractivity contribution in [2.75, 3.05) is 5.73 Å². The van der Waals surface area contributed by atoms with Gasteiger partial charge in [0.1, 0.15) is 0 Å². The molecule has 1 aromatic rings. The molecule has 2 heteroatoms. The fourth-order valence-corrected chi connectivity index (χ4v) is 0.604. The normalized spacial score (nSPS) is 9.00. The summed E-state index contributed by atoms with van der Waals surface area (Å²) in [6.45, 7) is 0. The van der Waals surface area contributed by atoms with Gasteiger partial charge in [-0.3, -0.25) is 0 Å². The molecule has 0 atom stereocenters. The highest BCUT2D eigenvalue weighted by atomic mass is 32.1. The van der Waals surface area contributed by atoms with Crippen LogP contribution in [0.4, 0.5) is 5.69 Å². The van der Waals surface area contributed by atoms with Gasteiger partial charge in [0.05, 0.1) is 0 Å². The first-order valence-electron chi connectivity index (χ1n) is 2.31. The predicted octanol–water partition coefficient (Wildman–Crippen LogP) is 1.17. The smallest absolute Gasteiger partial charge is 0.0312 e. The van der Waals surface area contributed by atoms with E-state index in [0.717, 1.165) is 10.6 Å². The monoisotopic (exact) mass is 124 g/mol. The summed E-state index contributed by atoms with van der Waals surface area (Å²) in [5.74, 6) is 0. The number of nitrogen functional groups attached to an aromatic ring is 1. The Morgan fingerprint density at radius 3 is 2.00 bits per heavy atom. The number of nitrogens with two attached hydrogens (primary N) is 1. The fraction of sp³-hybridized carbons (Fsp3) is 0. The van der Waals surface area contributed by atoms with E-state index in [2.05, 4.69) is 0 Å². The average molecular weight is 124 g/mol. The van der Waals surface area contributed by atoms with Crippen LogP contribution < -0.4 is 5.73 Å². The van der Waals surface area contributed by atoms with Gasteiger partial charge in [0.25, 0.3) is 0 Å². The van der Waals surface area contributed by atoms with Gasteiger partial charge < -0.3 is 18.4 Å².